The van der Waals surface area contributed by atoms with Gasteiger partial charge in [-0.15, -0.1) is 24.0 Å². The van der Waals surface area contributed by atoms with Crippen molar-refractivity contribution in [3.63, 3.8) is 0 Å². The highest BCUT2D eigenvalue weighted by atomic mass is 127. The second kappa shape index (κ2) is 13.3. The van der Waals surface area contributed by atoms with Crippen LogP contribution in [0.4, 0.5) is 0 Å². The number of guanidine groups is 1. The van der Waals surface area contributed by atoms with Gasteiger partial charge in [0.2, 0.25) is 0 Å². The molecule has 2 N–H and O–H groups in total. The molecule has 0 aromatic heterocycles. The minimum atomic E-state index is 0. The van der Waals surface area contributed by atoms with Gasteiger partial charge in [-0.25, -0.2) is 0 Å². The first kappa shape index (κ1) is 25.1. The lowest BCUT2D eigenvalue weighted by molar-refractivity contribution is 0.00271. The fraction of sp³-hybridized carbons (Fsp3) is 0.955. The van der Waals surface area contributed by atoms with E-state index < -0.39 is 0 Å². The number of hydrogen-bond donors (Lipinski definition) is 2. The summed E-state index contributed by atoms with van der Waals surface area (Å²) < 4.78 is 5.58. The summed E-state index contributed by atoms with van der Waals surface area (Å²) in [5, 5.41) is 7.37. The Kier molecular flexibility index (Phi) is 11.6. The fourth-order valence-electron chi connectivity index (χ4n) is 5.43. The average molecular weight is 522 g/mol. The predicted molar refractivity (Wildman–Crippen MR) is 132 cm³/mol. The number of likely N-dealkylation sites (tertiary alicyclic amines) is 1. The van der Waals surface area contributed by atoms with E-state index in [1.54, 1.807) is 0 Å². The highest BCUT2D eigenvalue weighted by Crippen LogP contribution is 2.26. The first-order valence-electron chi connectivity index (χ1n) is 11.8. The van der Waals surface area contributed by atoms with Crippen molar-refractivity contribution in [1.82, 2.24) is 20.4 Å². The van der Waals surface area contributed by atoms with E-state index in [1.807, 2.05) is 7.05 Å². The highest BCUT2D eigenvalue weighted by molar-refractivity contribution is 14.0. The van der Waals surface area contributed by atoms with Gasteiger partial charge in [0, 0.05) is 57.9 Å². The SMILES string of the molecule is CCC(CC)C(CNC(=NC)NC1CCN(C2CCCC2)C1)N1CCOCC1.I. The van der Waals surface area contributed by atoms with E-state index in [0.29, 0.717) is 18.0 Å². The summed E-state index contributed by atoms with van der Waals surface area (Å²) in [6.07, 6.45) is 9.32. The van der Waals surface area contributed by atoms with E-state index in [1.165, 1.54) is 58.0 Å². The molecule has 0 aromatic rings. The largest absolute Gasteiger partial charge is 0.379 e. The van der Waals surface area contributed by atoms with Gasteiger partial charge >= 0.3 is 0 Å². The minimum Gasteiger partial charge on any atom is -0.379 e. The predicted octanol–water partition coefficient (Wildman–Crippen LogP) is 2.92. The molecule has 2 atom stereocenters. The zero-order chi connectivity index (χ0) is 19.8. The smallest absolute Gasteiger partial charge is 0.191 e. The van der Waals surface area contributed by atoms with Gasteiger partial charge in [-0.1, -0.05) is 39.5 Å². The molecule has 7 heteroatoms. The number of nitrogens with zero attached hydrogens (tertiary/aromatic N) is 3. The molecule has 2 saturated heterocycles. The summed E-state index contributed by atoms with van der Waals surface area (Å²) in [6.45, 7) is 11.8. The quantitative estimate of drug-likeness (QED) is 0.292. The molecule has 0 spiro atoms. The monoisotopic (exact) mass is 521 g/mol. The lowest BCUT2D eigenvalue weighted by Gasteiger charge is -2.39. The topological polar surface area (TPSA) is 52.1 Å². The standard InChI is InChI=1S/C22H43N5O.HI/c1-4-18(5-2)21(26-12-14-28-15-13-26)16-24-22(23-3)25-19-10-11-27(17-19)20-8-6-7-9-20;/h18-21H,4-17H2,1-3H3,(H2,23,24,25);1H. The number of morpholine rings is 1. The Morgan fingerprint density at radius 3 is 2.38 bits per heavy atom. The van der Waals surface area contributed by atoms with Gasteiger partial charge in [-0.05, 0) is 25.2 Å². The maximum atomic E-state index is 5.58. The molecule has 2 unspecified atom stereocenters. The molecule has 3 aliphatic rings. The van der Waals surface area contributed by atoms with E-state index >= 15 is 0 Å². The number of rotatable bonds is 8. The zero-order valence-electron chi connectivity index (χ0n) is 18.9. The molecular weight excluding hydrogens is 477 g/mol. The third-order valence-corrected chi connectivity index (χ3v) is 7.21. The molecule has 29 heavy (non-hydrogen) atoms. The Bertz CT molecular complexity index is 476. The van der Waals surface area contributed by atoms with Crippen molar-refractivity contribution in [3.05, 3.63) is 0 Å². The Morgan fingerprint density at radius 2 is 1.76 bits per heavy atom. The summed E-state index contributed by atoms with van der Waals surface area (Å²) in [4.78, 5) is 9.87. The molecule has 1 aliphatic carbocycles. The van der Waals surface area contributed by atoms with Crippen LogP contribution in [0.2, 0.25) is 0 Å². The fourth-order valence-corrected chi connectivity index (χ4v) is 5.43. The lowest BCUT2D eigenvalue weighted by atomic mass is 9.92. The third-order valence-electron chi connectivity index (χ3n) is 7.21. The summed E-state index contributed by atoms with van der Waals surface area (Å²) in [5.41, 5.74) is 0. The average Bonchev–Trinajstić information content (AvgIpc) is 3.42. The van der Waals surface area contributed by atoms with Gasteiger partial charge in [0.25, 0.3) is 0 Å². The molecule has 0 bridgehead atoms. The Morgan fingerprint density at radius 1 is 1.07 bits per heavy atom. The third kappa shape index (κ3) is 7.21. The van der Waals surface area contributed by atoms with Gasteiger partial charge in [-0.2, -0.15) is 0 Å². The number of nitrogens with one attached hydrogen (secondary N) is 2. The highest BCUT2D eigenvalue weighted by Gasteiger charge is 2.31. The summed E-state index contributed by atoms with van der Waals surface area (Å²) in [5.74, 6) is 1.69. The van der Waals surface area contributed by atoms with E-state index in [0.717, 1.165) is 44.8 Å². The number of halogens is 1. The van der Waals surface area contributed by atoms with Gasteiger partial charge in [0.1, 0.15) is 0 Å². The van der Waals surface area contributed by atoms with Gasteiger partial charge in [0.15, 0.2) is 5.96 Å². The molecule has 170 valence electrons. The van der Waals surface area contributed by atoms with Gasteiger partial charge in [0.05, 0.1) is 13.2 Å². The molecule has 3 fully saturated rings. The molecule has 2 aliphatic heterocycles. The van der Waals surface area contributed by atoms with Crippen LogP contribution in [0.15, 0.2) is 4.99 Å². The van der Waals surface area contributed by atoms with E-state index in [9.17, 15) is 0 Å². The molecule has 0 aromatic carbocycles. The van der Waals surface area contributed by atoms with E-state index in [4.69, 9.17) is 4.74 Å². The molecule has 0 radical (unpaired) electrons. The van der Waals surface area contributed by atoms with Crippen LogP contribution >= 0.6 is 24.0 Å². The number of hydrogen-bond acceptors (Lipinski definition) is 4. The molecule has 1 saturated carbocycles. The summed E-state index contributed by atoms with van der Waals surface area (Å²) in [6, 6.07) is 1.92. The number of ether oxygens (including phenoxy) is 1. The van der Waals surface area contributed by atoms with Crippen molar-refractivity contribution < 1.29 is 4.74 Å². The number of aliphatic imine (C=N–C) groups is 1. The minimum absolute atomic E-state index is 0. The summed E-state index contributed by atoms with van der Waals surface area (Å²) >= 11 is 0. The normalized spacial score (nSPS) is 25.9. The van der Waals surface area contributed by atoms with Gasteiger partial charge in [-0.3, -0.25) is 14.8 Å². The van der Waals surface area contributed by atoms with Crippen molar-refractivity contribution in [3.8, 4) is 0 Å². The maximum Gasteiger partial charge on any atom is 0.191 e. The zero-order valence-corrected chi connectivity index (χ0v) is 21.2. The van der Waals surface area contributed by atoms with Crippen molar-refractivity contribution in [2.75, 3.05) is 53.0 Å². The first-order chi connectivity index (χ1) is 13.7. The second-order valence-corrected chi connectivity index (χ2v) is 8.81. The maximum absolute atomic E-state index is 5.58. The first-order valence-corrected chi connectivity index (χ1v) is 11.8. The Hall–Kier alpha value is -0.120. The van der Waals surface area contributed by atoms with E-state index in [-0.39, 0.29) is 24.0 Å². The van der Waals surface area contributed by atoms with Crippen molar-refractivity contribution >= 4 is 29.9 Å². The molecular formula is C22H44IN5O. The Balaban J connectivity index is 0.00000300. The van der Waals surface area contributed by atoms with E-state index in [2.05, 4.69) is 39.3 Å². The molecule has 0 amide bonds. The van der Waals surface area contributed by atoms with Crippen LogP contribution in [0, 0.1) is 5.92 Å². The molecule has 3 rings (SSSR count). The van der Waals surface area contributed by atoms with Crippen LogP contribution in [0.5, 0.6) is 0 Å². The second-order valence-electron chi connectivity index (χ2n) is 8.81. The Labute approximate surface area is 195 Å². The van der Waals surface area contributed by atoms with Crippen molar-refractivity contribution in [2.24, 2.45) is 10.9 Å². The van der Waals surface area contributed by atoms with Crippen LogP contribution in [0.3, 0.4) is 0 Å². The molecule has 2 heterocycles. The summed E-state index contributed by atoms with van der Waals surface area (Å²) in [7, 11) is 1.90. The van der Waals surface area contributed by atoms with Crippen LogP contribution in [-0.4, -0.2) is 86.9 Å². The molecule has 6 nitrogen and oxygen atoms in total. The van der Waals surface area contributed by atoms with Crippen LogP contribution in [-0.2, 0) is 4.74 Å². The lowest BCUT2D eigenvalue weighted by Crippen LogP contribution is -2.54. The van der Waals surface area contributed by atoms with Crippen molar-refractivity contribution in [2.45, 2.75) is 76.9 Å². The van der Waals surface area contributed by atoms with Crippen molar-refractivity contribution in [1.29, 1.82) is 0 Å². The van der Waals surface area contributed by atoms with Crippen LogP contribution < -0.4 is 10.6 Å². The van der Waals surface area contributed by atoms with Gasteiger partial charge < -0.3 is 15.4 Å². The van der Waals surface area contributed by atoms with Crippen LogP contribution in [0.25, 0.3) is 0 Å². The van der Waals surface area contributed by atoms with Crippen LogP contribution in [0.1, 0.15) is 58.8 Å².